The minimum atomic E-state index is -0.743. The van der Waals surface area contributed by atoms with Gasteiger partial charge in [-0.2, -0.15) is 0 Å². The number of rotatable bonds is 10. The number of carbonyl (C=O) groups excluding carboxylic acids is 1. The third-order valence-corrected chi connectivity index (χ3v) is 3.37. The predicted octanol–water partition coefficient (Wildman–Crippen LogP) is 2.64. The van der Waals surface area contributed by atoms with Crippen LogP contribution in [0, 0.1) is 5.92 Å². The molecular formula is C18H29NO4. The number of aliphatic hydroxyl groups is 1. The first-order valence-corrected chi connectivity index (χ1v) is 8.27. The topological polar surface area (TPSA) is 81.8 Å². The molecule has 0 saturated carbocycles. The molecule has 1 rings (SSSR count). The second-order valence-electron chi connectivity index (χ2n) is 6.14. The summed E-state index contributed by atoms with van der Waals surface area (Å²) in [5.41, 5.74) is 6.88. The van der Waals surface area contributed by atoms with Crippen LogP contribution in [-0.4, -0.2) is 30.0 Å². The molecule has 2 atom stereocenters. The summed E-state index contributed by atoms with van der Waals surface area (Å²) in [6.07, 6.45) is 0.993. The van der Waals surface area contributed by atoms with Gasteiger partial charge in [0, 0.05) is 6.42 Å². The maximum absolute atomic E-state index is 11.5. The lowest BCUT2D eigenvalue weighted by Crippen LogP contribution is -2.40. The van der Waals surface area contributed by atoms with Crippen molar-refractivity contribution in [1.29, 1.82) is 0 Å². The highest BCUT2D eigenvalue weighted by atomic mass is 16.5. The van der Waals surface area contributed by atoms with E-state index < -0.39 is 12.3 Å². The second kappa shape index (κ2) is 10.2. The number of nitrogens with two attached hydrogens (primary N) is 1. The molecule has 5 heteroatoms. The zero-order valence-corrected chi connectivity index (χ0v) is 14.3. The number of benzene rings is 1. The van der Waals surface area contributed by atoms with Gasteiger partial charge in [0.15, 0.2) is 6.23 Å². The number of esters is 1. The van der Waals surface area contributed by atoms with Crippen LogP contribution in [0.4, 0.5) is 0 Å². The Bertz CT molecular complexity index is 459. The van der Waals surface area contributed by atoms with Gasteiger partial charge in [-0.15, -0.1) is 0 Å². The van der Waals surface area contributed by atoms with Crippen molar-refractivity contribution < 1.29 is 19.4 Å². The van der Waals surface area contributed by atoms with Crippen LogP contribution in [-0.2, 0) is 16.0 Å². The highest BCUT2D eigenvalue weighted by Gasteiger charge is 2.17. The van der Waals surface area contributed by atoms with E-state index in [2.05, 4.69) is 0 Å². The molecule has 130 valence electrons. The van der Waals surface area contributed by atoms with E-state index in [-0.39, 0.29) is 5.97 Å². The molecule has 0 radical (unpaired) electrons. The van der Waals surface area contributed by atoms with Gasteiger partial charge >= 0.3 is 5.97 Å². The summed E-state index contributed by atoms with van der Waals surface area (Å²) >= 11 is 0. The van der Waals surface area contributed by atoms with E-state index in [0.29, 0.717) is 37.5 Å². The van der Waals surface area contributed by atoms with Gasteiger partial charge in [0.1, 0.15) is 11.9 Å². The smallest absolute Gasteiger partial charge is 0.306 e. The van der Waals surface area contributed by atoms with Crippen molar-refractivity contribution in [3.05, 3.63) is 29.8 Å². The molecule has 0 aromatic heterocycles. The van der Waals surface area contributed by atoms with Gasteiger partial charge in [-0.25, -0.2) is 0 Å². The van der Waals surface area contributed by atoms with Gasteiger partial charge in [-0.3, -0.25) is 10.5 Å². The van der Waals surface area contributed by atoms with Gasteiger partial charge < -0.3 is 14.6 Å². The van der Waals surface area contributed by atoms with Crippen molar-refractivity contribution in [1.82, 2.24) is 0 Å². The third kappa shape index (κ3) is 8.00. The molecule has 0 aliphatic heterocycles. The lowest BCUT2D eigenvalue weighted by Gasteiger charge is -2.21. The van der Waals surface area contributed by atoms with E-state index >= 15 is 0 Å². The Kier molecular flexibility index (Phi) is 8.66. The van der Waals surface area contributed by atoms with Crippen molar-refractivity contribution in [2.24, 2.45) is 11.7 Å². The standard InChI is InChI=1S/C18H29NO4/c1-4-11-22-17(21)10-7-14-5-8-15(9-6-14)23-18(19)16(20)12-13(2)3/h5-6,8-9,13,16,18,20H,4,7,10-12,19H2,1-3H3. The van der Waals surface area contributed by atoms with Crippen molar-refractivity contribution >= 4 is 5.97 Å². The van der Waals surface area contributed by atoms with E-state index in [4.69, 9.17) is 15.2 Å². The molecule has 0 heterocycles. The maximum atomic E-state index is 11.5. The zero-order valence-electron chi connectivity index (χ0n) is 14.3. The summed E-state index contributed by atoms with van der Waals surface area (Å²) < 4.78 is 10.6. The number of aliphatic hydroxyl groups excluding tert-OH is 1. The lowest BCUT2D eigenvalue weighted by atomic mass is 10.1. The van der Waals surface area contributed by atoms with Gasteiger partial charge in [-0.1, -0.05) is 32.9 Å². The molecular weight excluding hydrogens is 294 g/mol. The van der Waals surface area contributed by atoms with E-state index in [1.165, 1.54) is 0 Å². The summed E-state index contributed by atoms with van der Waals surface area (Å²) in [6, 6.07) is 7.39. The highest BCUT2D eigenvalue weighted by molar-refractivity contribution is 5.69. The minimum Gasteiger partial charge on any atom is -0.473 e. The van der Waals surface area contributed by atoms with Crippen LogP contribution < -0.4 is 10.5 Å². The van der Waals surface area contributed by atoms with Crippen LogP contribution in [0.15, 0.2) is 24.3 Å². The summed E-state index contributed by atoms with van der Waals surface area (Å²) in [5, 5.41) is 9.92. The van der Waals surface area contributed by atoms with Gasteiger partial charge in [0.2, 0.25) is 0 Å². The van der Waals surface area contributed by atoms with Gasteiger partial charge in [0.25, 0.3) is 0 Å². The molecule has 0 bridgehead atoms. The quantitative estimate of drug-likeness (QED) is 0.511. The molecule has 23 heavy (non-hydrogen) atoms. The normalized spacial score (nSPS) is 13.7. The summed E-state index contributed by atoms with van der Waals surface area (Å²) in [4.78, 5) is 11.5. The first-order chi connectivity index (χ1) is 10.9. The van der Waals surface area contributed by atoms with E-state index in [1.807, 2.05) is 32.9 Å². The molecule has 0 spiro atoms. The van der Waals surface area contributed by atoms with Gasteiger partial charge in [-0.05, 0) is 42.9 Å². The Morgan fingerprint density at radius 1 is 1.26 bits per heavy atom. The molecule has 5 nitrogen and oxygen atoms in total. The third-order valence-electron chi connectivity index (χ3n) is 3.37. The highest BCUT2D eigenvalue weighted by Crippen LogP contribution is 2.16. The Morgan fingerprint density at radius 3 is 2.48 bits per heavy atom. The van der Waals surface area contributed by atoms with Crippen LogP contribution in [0.2, 0.25) is 0 Å². The largest absolute Gasteiger partial charge is 0.473 e. The van der Waals surface area contributed by atoms with Crippen LogP contribution in [0.5, 0.6) is 5.75 Å². The number of hydrogen-bond donors (Lipinski definition) is 2. The minimum absolute atomic E-state index is 0.175. The Balaban J connectivity index is 2.42. The average Bonchev–Trinajstić information content (AvgIpc) is 2.51. The van der Waals surface area contributed by atoms with Gasteiger partial charge in [0.05, 0.1) is 6.61 Å². The Morgan fingerprint density at radius 2 is 1.91 bits per heavy atom. The van der Waals surface area contributed by atoms with Crippen molar-refractivity contribution in [2.75, 3.05) is 6.61 Å². The SMILES string of the molecule is CCCOC(=O)CCc1ccc(OC(N)C(O)CC(C)C)cc1. The molecule has 1 aromatic rings. The molecule has 2 unspecified atom stereocenters. The van der Waals surface area contributed by atoms with Crippen molar-refractivity contribution in [3.8, 4) is 5.75 Å². The number of aryl methyl sites for hydroxylation is 1. The van der Waals surface area contributed by atoms with E-state index in [9.17, 15) is 9.90 Å². The fraction of sp³-hybridized carbons (Fsp3) is 0.611. The fourth-order valence-electron chi connectivity index (χ4n) is 2.12. The predicted molar refractivity (Wildman–Crippen MR) is 90.1 cm³/mol. The second-order valence-corrected chi connectivity index (χ2v) is 6.14. The lowest BCUT2D eigenvalue weighted by molar-refractivity contribution is -0.143. The molecule has 3 N–H and O–H groups in total. The van der Waals surface area contributed by atoms with Crippen LogP contribution >= 0.6 is 0 Å². The summed E-state index contributed by atoms with van der Waals surface area (Å²) in [7, 11) is 0. The molecule has 0 amide bonds. The zero-order chi connectivity index (χ0) is 17.2. The monoisotopic (exact) mass is 323 g/mol. The molecule has 0 aliphatic rings. The fourth-order valence-corrected chi connectivity index (χ4v) is 2.12. The Labute approximate surface area is 138 Å². The van der Waals surface area contributed by atoms with Crippen LogP contribution in [0.25, 0.3) is 0 Å². The van der Waals surface area contributed by atoms with Crippen molar-refractivity contribution in [3.63, 3.8) is 0 Å². The summed E-state index contributed by atoms with van der Waals surface area (Å²) in [5.74, 6) is 0.790. The molecule has 0 fully saturated rings. The summed E-state index contributed by atoms with van der Waals surface area (Å²) in [6.45, 7) is 6.49. The maximum Gasteiger partial charge on any atom is 0.306 e. The average molecular weight is 323 g/mol. The number of hydrogen-bond acceptors (Lipinski definition) is 5. The number of carbonyl (C=O) groups is 1. The first kappa shape index (κ1) is 19.5. The molecule has 0 aliphatic carbocycles. The number of ether oxygens (including phenoxy) is 2. The van der Waals surface area contributed by atoms with Crippen LogP contribution in [0.3, 0.4) is 0 Å². The van der Waals surface area contributed by atoms with E-state index in [1.54, 1.807) is 12.1 Å². The van der Waals surface area contributed by atoms with E-state index in [0.717, 1.165) is 12.0 Å². The van der Waals surface area contributed by atoms with Crippen LogP contribution in [0.1, 0.15) is 45.6 Å². The molecule has 0 saturated heterocycles. The van der Waals surface area contributed by atoms with Crippen molar-refractivity contribution in [2.45, 2.75) is 58.8 Å². The molecule has 1 aromatic carbocycles. The Hall–Kier alpha value is -1.59. The first-order valence-electron chi connectivity index (χ1n) is 8.27.